The summed E-state index contributed by atoms with van der Waals surface area (Å²) in [5.74, 6) is 1.38. The van der Waals surface area contributed by atoms with Crippen LogP contribution in [0.15, 0.2) is 158 Å². The van der Waals surface area contributed by atoms with Crippen molar-refractivity contribution in [3.05, 3.63) is 186 Å². The van der Waals surface area contributed by atoms with E-state index in [1.807, 2.05) is 91.9 Å². The van der Waals surface area contributed by atoms with Gasteiger partial charge in [-0.15, -0.1) is 15.0 Å². The third-order valence-electron chi connectivity index (χ3n) is 9.40. The first kappa shape index (κ1) is 34.1. The Hall–Kier alpha value is -7.00. The van der Waals surface area contributed by atoms with Crippen LogP contribution in [0.2, 0.25) is 0 Å². The lowest BCUT2D eigenvalue weighted by Crippen LogP contribution is -2.39. The second kappa shape index (κ2) is 15.3. The van der Waals surface area contributed by atoms with Gasteiger partial charge >= 0.3 is 0 Å². The van der Waals surface area contributed by atoms with Crippen molar-refractivity contribution < 1.29 is 14.3 Å². The number of aryl methyl sites for hydroxylation is 1. The molecule has 0 aliphatic rings. The minimum absolute atomic E-state index is 0.0898. The monoisotopic (exact) mass is 708 g/mol. The summed E-state index contributed by atoms with van der Waals surface area (Å²) in [7, 11) is 0. The molecular formula is C45H36N6O3. The van der Waals surface area contributed by atoms with Crippen LogP contribution < -0.4 is 9.47 Å². The highest BCUT2D eigenvalue weighted by Gasteiger charge is 2.41. The first-order chi connectivity index (χ1) is 26.7. The van der Waals surface area contributed by atoms with Gasteiger partial charge in [-0.05, 0) is 57.1 Å². The van der Waals surface area contributed by atoms with Gasteiger partial charge in [0.25, 0.3) is 0 Å². The summed E-state index contributed by atoms with van der Waals surface area (Å²) in [5.41, 5.74) is 7.91. The van der Waals surface area contributed by atoms with Gasteiger partial charge in [0.1, 0.15) is 24.5 Å². The average Bonchev–Trinajstić information content (AvgIpc) is 3.74. The van der Waals surface area contributed by atoms with Gasteiger partial charge in [0, 0.05) is 23.4 Å². The first-order valence-electron chi connectivity index (χ1n) is 17.8. The third-order valence-corrected chi connectivity index (χ3v) is 9.40. The van der Waals surface area contributed by atoms with Crippen LogP contribution in [0.4, 0.5) is 0 Å². The minimum Gasteiger partial charge on any atom is -0.486 e. The van der Waals surface area contributed by atoms with Crippen molar-refractivity contribution in [1.29, 1.82) is 0 Å². The van der Waals surface area contributed by atoms with Gasteiger partial charge in [-0.1, -0.05) is 140 Å². The van der Waals surface area contributed by atoms with E-state index in [1.54, 1.807) is 10.9 Å². The summed E-state index contributed by atoms with van der Waals surface area (Å²) in [6.07, 6.45) is 1.42. The van der Waals surface area contributed by atoms with Gasteiger partial charge < -0.3 is 9.47 Å². The molecule has 0 aliphatic carbocycles. The highest BCUT2D eigenvalue weighted by molar-refractivity contribution is 5.82. The molecule has 3 heterocycles. The van der Waals surface area contributed by atoms with Crippen LogP contribution in [-0.4, -0.2) is 43.1 Å². The Labute approximate surface area is 312 Å². The number of carbonyl (C=O) groups is 1. The number of benzene rings is 5. The number of aldehydes is 1. The maximum atomic E-state index is 10.9. The van der Waals surface area contributed by atoms with Crippen molar-refractivity contribution in [1.82, 2.24) is 30.2 Å². The number of fused-ring (bicyclic) bond motifs is 1. The molecule has 0 fully saturated rings. The zero-order valence-corrected chi connectivity index (χ0v) is 29.6. The maximum Gasteiger partial charge on any atom is 0.214 e. The Morgan fingerprint density at radius 3 is 1.91 bits per heavy atom. The molecule has 0 atom stereocenters. The van der Waals surface area contributed by atoms with Crippen molar-refractivity contribution in [3.8, 4) is 34.1 Å². The number of hydrogen-bond donors (Lipinski definition) is 0. The number of ether oxygens (including phenoxy) is 2. The number of hydrogen-bond acceptors (Lipinski definition) is 8. The standard InChI is InChI=1S/C45H36N6O3/c1-2-37-30-41(43-40(46-37)25-26-42(47-43)53-28-27-52)54-31-32-23-24-38(33-15-7-3-8-16-33)39(29-32)44-48-50-51(49-44)45(34-17-9-4-10-18-34,35-19-11-5-12-20-35)36-21-13-6-14-22-36/h3-27,29-30H,2,28,31H2,1H3. The smallest absolute Gasteiger partial charge is 0.214 e. The van der Waals surface area contributed by atoms with Crippen LogP contribution >= 0.6 is 0 Å². The highest BCUT2D eigenvalue weighted by atomic mass is 16.5. The second-order valence-corrected chi connectivity index (χ2v) is 12.7. The molecule has 0 spiro atoms. The summed E-state index contributed by atoms with van der Waals surface area (Å²) < 4.78 is 12.0. The van der Waals surface area contributed by atoms with E-state index in [0.29, 0.717) is 34.8 Å². The van der Waals surface area contributed by atoms with Crippen LogP contribution in [0.1, 0.15) is 34.9 Å². The zero-order valence-electron chi connectivity index (χ0n) is 29.6. The third kappa shape index (κ3) is 6.59. The van der Waals surface area contributed by atoms with E-state index in [2.05, 4.69) is 71.7 Å². The Bertz CT molecular complexity index is 2410. The molecule has 54 heavy (non-hydrogen) atoms. The van der Waals surface area contributed by atoms with Gasteiger partial charge in [-0.25, -0.2) is 4.98 Å². The van der Waals surface area contributed by atoms with Crippen molar-refractivity contribution in [2.75, 3.05) is 6.61 Å². The molecule has 8 rings (SSSR count). The number of tetrazole rings is 1. The lowest BCUT2D eigenvalue weighted by atomic mass is 9.77. The van der Waals surface area contributed by atoms with E-state index in [0.717, 1.165) is 51.1 Å². The maximum absolute atomic E-state index is 10.9. The molecule has 0 unspecified atom stereocenters. The molecule has 0 amide bonds. The van der Waals surface area contributed by atoms with Crippen LogP contribution in [-0.2, 0) is 23.4 Å². The van der Waals surface area contributed by atoms with E-state index in [4.69, 9.17) is 29.9 Å². The van der Waals surface area contributed by atoms with Gasteiger partial charge in [0.15, 0.2) is 11.8 Å². The quantitative estimate of drug-likeness (QED) is 0.0868. The molecule has 0 N–H and O–H groups in total. The van der Waals surface area contributed by atoms with Crippen LogP contribution in [0.25, 0.3) is 33.5 Å². The summed E-state index contributed by atoms with van der Waals surface area (Å²) >= 11 is 0. The van der Waals surface area contributed by atoms with Gasteiger partial charge in [0.2, 0.25) is 11.7 Å². The fourth-order valence-corrected chi connectivity index (χ4v) is 6.85. The van der Waals surface area contributed by atoms with Crippen molar-refractivity contribution in [2.24, 2.45) is 0 Å². The molecule has 8 aromatic rings. The number of pyridine rings is 2. The molecule has 0 saturated heterocycles. The average molecular weight is 709 g/mol. The summed E-state index contributed by atoms with van der Waals surface area (Å²) in [5, 5.41) is 14.8. The SMILES string of the molecule is CCc1cc(OCc2ccc(-c3ccccc3)c(-c3nnn(C(c4ccccc4)(c4ccccc4)c4ccccc4)n3)c2)c2nc(OCC=O)ccc2n1. The van der Waals surface area contributed by atoms with Crippen molar-refractivity contribution in [2.45, 2.75) is 25.5 Å². The predicted octanol–water partition coefficient (Wildman–Crippen LogP) is 8.51. The predicted molar refractivity (Wildman–Crippen MR) is 208 cm³/mol. The molecule has 9 nitrogen and oxygen atoms in total. The fourth-order valence-electron chi connectivity index (χ4n) is 6.85. The summed E-state index contributed by atoms with van der Waals surface area (Å²) in [6, 6.07) is 52.7. The molecule has 0 aliphatic heterocycles. The Balaban J connectivity index is 1.24. The van der Waals surface area contributed by atoms with E-state index >= 15 is 0 Å². The van der Waals surface area contributed by atoms with Crippen LogP contribution in [0, 0.1) is 0 Å². The molecule has 5 aromatic carbocycles. The number of aromatic nitrogens is 6. The lowest BCUT2D eigenvalue weighted by molar-refractivity contribution is -0.109. The Kier molecular flexibility index (Phi) is 9.67. The summed E-state index contributed by atoms with van der Waals surface area (Å²) in [4.78, 5) is 22.0. The second-order valence-electron chi connectivity index (χ2n) is 12.7. The van der Waals surface area contributed by atoms with Crippen LogP contribution in [0.3, 0.4) is 0 Å². The van der Waals surface area contributed by atoms with Crippen molar-refractivity contribution >= 4 is 17.3 Å². The van der Waals surface area contributed by atoms with E-state index in [9.17, 15) is 4.79 Å². The molecule has 3 aromatic heterocycles. The molecule has 0 saturated carbocycles. The van der Waals surface area contributed by atoms with Crippen molar-refractivity contribution in [3.63, 3.8) is 0 Å². The number of nitrogens with zero attached hydrogens (tertiary/aromatic N) is 6. The number of rotatable bonds is 13. The Morgan fingerprint density at radius 1 is 0.667 bits per heavy atom. The van der Waals surface area contributed by atoms with Crippen LogP contribution in [0.5, 0.6) is 11.6 Å². The molecule has 9 heteroatoms. The molecule has 264 valence electrons. The van der Waals surface area contributed by atoms with E-state index in [-0.39, 0.29) is 13.2 Å². The fraction of sp³-hybridized carbons (Fsp3) is 0.111. The van der Waals surface area contributed by atoms with E-state index in [1.165, 1.54) is 0 Å². The van der Waals surface area contributed by atoms with Gasteiger partial charge in [-0.2, -0.15) is 0 Å². The largest absolute Gasteiger partial charge is 0.486 e. The highest BCUT2D eigenvalue weighted by Crippen LogP contribution is 2.40. The molecule has 0 radical (unpaired) electrons. The zero-order chi connectivity index (χ0) is 36.7. The summed E-state index contributed by atoms with van der Waals surface area (Å²) in [6.45, 7) is 2.19. The normalized spacial score (nSPS) is 11.4. The topological polar surface area (TPSA) is 105 Å². The minimum atomic E-state index is -0.913. The lowest BCUT2D eigenvalue weighted by Gasteiger charge is -2.34. The number of carbonyl (C=O) groups excluding carboxylic acids is 1. The van der Waals surface area contributed by atoms with Gasteiger partial charge in [0.05, 0.1) is 5.52 Å². The van der Waals surface area contributed by atoms with E-state index < -0.39 is 5.54 Å². The Morgan fingerprint density at radius 2 is 1.30 bits per heavy atom. The van der Waals surface area contributed by atoms with Gasteiger partial charge in [-0.3, -0.25) is 9.78 Å². The molecular weight excluding hydrogens is 673 g/mol. The first-order valence-corrected chi connectivity index (χ1v) is 17.8. The molecule has 0 bridgehead atoms.